The monoisotopic (exact) mass is 288 g/mol. The van der Waals surface area contributed by atoms with Gasteiger partial charge in [-0.2, -0.15) is 0 Å². The lowest BCUT2D eigenvalue weighted by Crippen LogP contribution is -2.29. The molecule has 0 radical (unpaired) electrons. The van der Waals surface area contributed by atoms with Gasteiger partial charge in [0.05, 0.1) is 6.54 Å². The van der Waals surface area contributed by atoms with Gasteiger partial charge in [-0.25, -0.2) is 9.37 Å². The number of carbonyl (C=O) groups is 2. The van der Waals surface area contributed by atoms with Crippen molar-refractivity contribution in [1.29, 1.82) is 0 Å². The number of ketones is 1. The van der Waals surface area contributed by atoms with Gasteiger partial charge in [0.25, 0.3) is 5.91 Å². The highest BCUT2D eigenvalue weighted by Crippen LogP contribution is 2.25. The van der Waals surface area contributed by atoms with Crippen LogP contribution in [0.25, 0.3) is 11.1 Å². The van der Waals surface area contributed by atoms with Gasteiger partial charge in [-0.15, -0.1) is 0 Å². The standard InChI is InChI=1S/C15H13FN2O3/c1-9(19)7-18-15(21)14-13(20)6-11(8-17-14)10-3-2-4-12(16)5-10/h2-6,8,20H,7H2,1H3,(H,18,21). The van der Waals surface area contributed by atoms with Gasteiger partial charge < -0.3 is 10.4 Å². The van der Waals surface area contributed by atoms with Crippen LogP contribution in [0.1, 0.15) is 17.4 Å². The Bertz CT molecular complexity index is 701. The third-order valence-corrected chi connectivity index (χ3v) is 2.74. The number of Topliss-reactive ketones (excluding diaryl/α,β-unsaturated/α-hetero) is 1. The van der Waals surface area contributed by atoms with E-state index in [2.05, 4.69) is 10.3 Å². The van der Waals surface area contributed by atoms with E-state index in [0.717, 1.165) is 0 Å². The summed E-state index contributed by atoms with van der Waals surface area (Å²) in [4.78, 5) is 26.4. The molecule has 21 heavy (non-hydrogen) atoms. The fraction of sp³-hybridized carbons (Fsp3) is 0.133. The van der Waals surface area contributed by atoms with Crippen molar-refractivity contribution < 1.29 is 19.1 Å². The number of rotatable bonds is 4. The second kappa shape index (κ2) is 6.13. The number of nitrogens with zero attached hydrogens (tertiary/aromatic N) is 1. The van der Waals surface area contributed by atoms with Gasteiger partial charge >= 0.3 is 0 Å². The number of aromatic nitrogens is 1. The number of hydrogen-bond donors (Lipinski definition) is 2. The largest absolute Gasteiger partial charge is 0.505 e. The first kappa shape index (κ1) is 14.6. The minimum Gasteiger partial charge on any atom is -0.505 e. The molecule has 5 nitrogen and oxygen atoms in total. The summed E-state index contributed by atoms with van der Waals surface area (Å²) >= 11 is 0. The maximum Gasteiger partial charge on any atom is 0.274 e. The summed E-state index contributed by atoms with van der Waals surface area (Å²) in [6, 6.07) is 7.13. The molecular formula is C15H13FN2O3. The molecule has 1 heterocycles. The molecule has 0 aliphatic carbocycles. The summed E-state index contributed by atoms with van der Waals surface area (Å²) in [6.07, 6.45) is 1.36. The number of nitrogens with one attached hydrogen (secondary N) is 1. The van der Waals surface area contributed by atoms with Crippen LogP contribution in [0.5, 0.6) is 5.75 Å². The molecule has 108 valence electrons. The summed E-state index contributed by atoms with van der Waals surface area (Å²) in [5.41, 5.74) is 0.833. The second-order valence-corrected chi connectivity index (χ2v) is 4.49. The second-order valence-electron chi connectivity index (χ2n) is 4.49. The Balaban J connectivity index is 2.25. The smallest absolute Gasteiger partial charge is 0.274 e. The van der Waals surface area contributed by atoms with Crippen LogP contribution in [0.4, 0.5) is 4.39 Å². The molecule has 2 N–H and O–H groups in total. The molecule has 1 aromatic heterocycles. The van der Waals surface area contributed by atoms with Crippen molar-refractivity contribution in [2.45, 2.75) is 6.92 Å². The normalized spacial score (nSPS) is 10.2. The van der Waals surface area contributed by atoms with E-state index < -0.39 is 11.7 Å². The molecule has 1 aromatic carbocycles. The van der Waals surface area contributed by atoms with Crippen molar-refractivity contribution >= 4 is 11.7 Å². The Labute approximate surface area is 120 Å². The van der Waals surface area contributed by atoms with E-state index in [0.29, 0.717) is 11.1 Å². The molecule has 0 atom stereocenters. The molecule has 0 aliphatic heterocycles. The molecule has 0 bridgehead atoms. The first-order valence-corrected chi connectivity index (χ1v) is 6.20. The third-order valence-electron chi connectivity index (χ3n) is 2.74. The first-order chi connectivity index (χ1) is 9.97. The molecule has 0 unspecified atom stereocenters. The van der Waals surface area contributed by atoms with Crippen LogP contribution in [0.3, 0.4) is 0 Å². The van der Waals surface area contributed by atoms with Crippen molar-refractivity contribution in [2.75, 3.05) is 6.54 Å². The highest BCUT2D eigenvalue weighted by atomic mass is 19.1. The van der Waals surface area contributed by atoms with E-state index in [-0.39, 0.29) is 23.8 Å². The van der Waals surface area contributed by atoms with Gasteiger partial charge in [-0.3, -0.25) is 9.59 Å². The molecule has 2 rings (SSSR count). The zero-order valence-electron chi connectivity index (χ0n) is 11.3. The van der Waals surface area contributed by atoms with Crippen molar-refractivity contribution in [3.8, 4) is 16.9 Å². The number of pyridine rings is 1. The predicted molar refractivity (Wildman–Crippen MR) is 74.3 cm³/mol. The molecular weight excluding hydrogens is 275 g/mol. The zero-order valence-corrected chi connectivity index (χ0v) is 11.3. The SMILES string of the molecule is CC(=O)CNC(=O)c1ncc(-c2cccc(F)c2)cc1O. The maximum absolute atomic E-state index is 13.2. The van der Waals surface area contributed by atoms with Gasteiger partial charge in [-0.1, -0.05) is 12.1 Å². The van der Waals surface area contributed by atoms with Crippen LogP contribution < -0.4 is 5.32 Å². The molecule has 0 aliphatic rings. The highest BCUT2D eigenvalue weighted by Gasteiger charge is 2.14. The molecule has 1 amide bonds. The quantitative estimate of drug-likeness (QED) is 0.900. The van der Waals surface area contributed by atoms with E-state index >= 15 is 0 Å². The van der Waals surface area contributed by atoms with Gasteiger partial charge in [0.15, 0.2) is 5.69 Å². The predicted octanol–water partition coefficient (Wildman–Crippen LogP) is 1.91. The Morgan fingerprint density at radius 1 is 1.29 bits per heavy atom. The zero-order chi connectivity index (χ0) is 15.4. The number of hydrogen-bond acceptors (Lipinski definition) is 4. The summed E-state index contributed by atoms with van der Waals surface area (Å²) in [5.74, 6) is -1.60. The van der Waals surface area contributed by atoms with Crippen molar-refractivity contribution in [3.05, 3.63) is 48.0 Å². The van der Waals surface area contributed by atoms with Crippen molar-refractivity contribution in [3.63, 3.8) is 0 Å². The van der Waals surface area contributed by atoms with Gasteiger partial charge in [0.2, 0.25) is 0 Å². The highest BCUT2D eigenvalue weighted by molar-refractivity contribution is 5.97. The summed E-state index contributed by atoms with van der Waals surface area (Å²) in [7, 11) is 0. The summed E-state index contributed by atoms with van der Waals surface area (Å²) in [5, 5.41) is 12.2. The van der Waals surface area contributed by atoms with Crippen LogP contribution >= 0.6 is 0 Å². The molecule has 2 aromatic rings. The number of carbonyl (C=O) groups excluding carboxylic acids is 2. The van der Waals surface area contributed by atoms with Crippen LogP contribution in [0, 0.1) is 5.82 Å². The van der Waals surface area contributed by atoms with Gasteiger partial charge in [0, 0.05) is 11.8 Å². The Kier molecular flexibility index (Phi) is 4.27. The van der Waals surface area contributed by atoms with Crippen molar-refractivity contribution in [2.24, 2.45) is 0 Å². The third kappa shape index (κ3) is 3.62. The number of amides is 1. The Morgan fingerprint density at radius 2 is 2.05 bits per heavy atom. The Hall–Kier alpha value is -2.76. The van der Waals surface area contributed by atoms with Gasteiger partial charge in [-0.05, 0) is 30.7 Å². The number of aromatic hydroxyl groups is 1. The molecule has 6 heteroatoms. The molecule has 0 fully saturated rings. The molecule has 0 saturated heterocycles. The molecule has 0 saturated carbocycles. The maximum atomic E-state index is 13.2. The van der Waals surface area contributed by atoms with Crippen LogP contribution in [0.2, 0.25) is 0 Å². The van der Waals surface area contributed by atoms with E-state index in [1.165, 1.54) is 37.4 Å². The number of benzene rings is 1. The minimum absolute atomic E-state index is 0.133. The topological polar surface area (TPSA) is 79.3 Å². The summed E-state index contributed by atoms with van der Waals surface area (Å²) < 4.78 is 13.2. The van der Waals surface area contributed by atoms with E-state index in [1.807, 2.05) is 0 Å². The fourth-order valence-electron chi connectivity index (χ4n) is 1.74. The van der Waals surface area contributed by atoms with Crippen molar-refractivity contribution in [1.82, 2.24) is 10.3 Å². The van der Waals surface area contributed by atoms with Crippen LogP contribution in [-0.2, 0) is 4.79 Å². The lowest BCUT2D eigenvalue weighted by molar-refractivity contribution is -0.116. The summed E-state index contributed by atoms with van der Waals surface area (Å²) in [6.45, 7) is 1.20. The van der Waals surface area contributed by atoms with Gasteiger partial charge in [0.1, 0.15) is 17.3 Å². The Morgan fingerprint density at radius 3 is 2.67 bits per heavy atom. The average molecular weight is 288 g/mol. The minimum atomic E-state index is -0.645. The van der Waals surface area contributed by atoms with E-state index in [4.69, 9.17) is 0 Å². The molecule has 0 spiro atoms. The van der Waals surface area contributed by atoms with E-state index in [1.54, 1.807) is 6.07 Å². The van der Waals surface area contributed by atoms with Crippen LogP contribution in [0.15, 0.2) is 36.5 Å². The first-order valence-electron chi connectivity index (χ1n) is 6.20. The lowest BCUT2D eigenvalue weighted by Gasteiger charge is -2.07. The average Bonchev–Trinajstić information content (AvgIpc) is 2.44. The van der Waals surface area contributed by atoms with Crippen LogP contribution in [-0.4, -0.2) is 28.3 Å². The fourth-order valence-corrected chi connectivity index (χ4v) is 1.74. The lowest BCUT2D eigenvalue weighted by atomic mass is 10.1. The van der Waals surface area contributed by atoms with E-state index in [9.17, 15) is 19.1 Å². The number of halogens is 1.